The molecule has 0 fully saturated rings. The van der Waals surface area contributed by atoms with E-state index >= 15 is 0 Å². The van der Waals surface area contributed by atoms with E-state index in [-0.39, 0.29) is 17.9 Å². The lowest BCUT2D eigenvalue weighted by molar-refractivity contribution is 0.294. The van der Waals surface area contributed by atoms with E-state index in [1.54, 1.807) is 0 Å². The molecule has 0 saturated heterocycles. The van der Waals surface area contributed by atoms with Crippen molar-refractivity contribution in [3.05, 3.63) is 0 Å². The Balaban J connectivity index is 4.52. The van der Waals surface area contributed by atoms with Gasteiger partial charge in [-0.25, -0.2) is 13.1 Å². The largest absolute Gasteiger partial charge is 0.396 e. The van der Waals surface area contributed by atoms with Crippen molar-refractivity contribution in [3.8, 4) is 0 Å². The summed E-state index contributed by atoms with van der Waals surface area (Å²) in [4.78, 5) is 0. The summed E-state index contributed by atoms with van der Waals surface area (Å²) in [5.74, 6) is 0.00521. The molecular weight excluding hydrogens is 214 g/mol. The van der Waals surface area contributed by atoms with E-state index < -0.39 is 10.0 Å². The molecule has 4 nitrogen and oxygen atoms in total. The van der Waals surface area contributed by atoms with Gasteiger partial charge in [0.1, 0.15) is 0 Å². The zero-order valence-electron chi connectivity index (χ0n) is 9.91. The van der Waals surface area contributed by atoms with Gasteiger partial charge in [-0.1, -0.05) is 20.8 Å². The van der Waals surface area contributed by atoms with Crippen LogP contribution in [0.25, 0.3) is 0 Å². The van der Waals surface area contributed by atoms with Crippen LogP contribution in [0.5, 0.6) is 0 Å². The Morgan fingerprint density at radius 2 is 1.60 bits per heavy atom. The number of rotatable bonds is 8. The maximum atomic E-state index is 11.7. The Morgan fingerprint density at radius 3 is 1.93 bits per heavy atom. The quantitative estimate of drug-likeness (QED) is 0.668. The van der Waals surface area contributed by atoms with E-state index in [2.05, 4.69) is 4.72 Å². The predicted octanol–water partition coefficient (Wildman–Crippen LogP) is 1.26. The SMILES string of the molecule is CCC(CC)(CC)NS(=O)(=O)CCCO. The van der Waals surface area contributed by atoms with Gasteiger partial charge in [-0.05, 0) is 25.7 Å². The Bertz CT molecular complexity index is 250. The Kier molecular flexibility index (Phi) is 6.40. The molecule has 0 aromatic heterocycles. The maximum Gasteiger partial charge on any atom is 0.212 e. The number of aliphatic hydroxyl groups excluding tert-OH is 1. The lowest BCUT2D eigenvalue weighted by atomic mass is 9.91. The van der Waals surface area contributed by atoms with Gasteiger partial charge in [0.25, 0.3) is 0 Å². The fourth-order valence-corrected chi connectivity index (χ4v) is 3.31. The average molecular weight is 237 g/mol. The topological polar surface area (TPSA) is 66.4 Å². The van der Waals surface area contributed by atoms with Crippen LogP contribution < -0.4 is 4.72 Å². The van der Waals surface area contributed by atoms with Crippen LogP contribution in [-0.2, 0) is 10.0 Å². The van der Waals surface area contributed by atoms with E-state index in [9.17, 15) is 8.42 Å². The first-order chi connectivity index (χ1) is 6.95. The third kappa shape index (κ3) is 4.95. The molecule has 0 atom stereocenters. The lowest BCUT2D eigenvalue weighted by Gasteiger charge is -2.31. The van der Waals surface area contributed by atoms with Crippen LogP contribution >= 0.6 is 0 Å². The minimum atomic E-state index is -3.25. The van der Waals surface area contributed by atoms with E-state index in [1.165, 1.54) is 0 Å². The van der Waals surface area contributed by atoms with Crippen molar-refractivity contribution in [2.45, 2.75) is 52.0 Å². The second kappa shape index (κ2) is 6.45. The highest BCUT2D eigenvalue weighted by Gasteiger charge is 2.28. The van der Waals surface area contributed by atoms with Gasteiger partial charge in [-0.2, -0.15) is 0 Å². The van der Waals surface area contributed by atoms with Crippen LogP contribution in [0, 0.1) is 0 Å². The van der Waals surface area contributed by atoms with Crippen molar-refractivity contribution in [2.24, 2.45) is 0 Å². The summed E-state index contributed by atoms with van der Waals surface area (Å²) in [5, 5.41) is 8.61. The predicted molar refractivity (Wildman–Crippen MR) is 62.2 cm³/mol. The zero-order chi connectivity index (χ0) is 11.9. The number of hydrogen-bond acceptors (Lipinski definition) is 3. The van der Waals surface area contributed by atoms with Crippen molar-refractivity contribution in [1.29, 1.82) is 0 Å². The molecule has 0 aliphatic rings. The number of sulfonamides is 1. The molecule has 0 rings (SSSR count). The van der Waals surface area contributed by atoms with E-state index in [0.717, 1.165) is 19.3 Å². The monoisotopic (exact) mass is 237 g/mol. The Labute approximate surface area is 93.1 Å². The summed E-state index contributed by atoms with van der Waals surface area (Å²) in [6.45, 7) is 5.88. The zero-order valence-corrected chi connectivity index (χ0v) is 10.7. The summed E-state index contributed by atoms with van der Waals surface area (Å²) >= 11 is 0. The third-order valence-electron chi connectivity index (χ3n) is 2.97. The molecular formula is C10H23NO3S. The van der Waals surface area contributed by atoms with Gasteiger partial charge in [-0.3, -0.25) is 0 Å². The summed E-state index contributed by atoms with van der Waals surface area (Å²) in [6.07, 6.45) is 2.66. The molecule has 0 heterocycles. The van der Waals surface area contributed by atoms with Gasteiger partial charge >= 0.3 is 0 Å². The van der Waals surface area contributed by atoms with Crippen LogP contribution in [0.3, 0.4) is 0 Å². The average Bonchev–Trinajstić information content (AvgIpc) is 2.23. The molecule has 0 unspecified atom stereocenters. The molecule has 0 aromatic rings. The van der Waals surface area contributed by atoms with Gasteiger partial charge in [0.05, 0.1) is 5.75 Å². The van der Waals surface area contributed by atoms with Crippen LogP contribution in [0.2, 0.25) is 0 Å². The highest BCUT2D eigenvalue weighted by Crippen LogP contribution is 2.20. The minimum Gasteiger partial charge on any atom is -0.396 e. The fourth-order valence-electron chi connectivity index (χ4n) is 1.60. The van der Waals surface area contributed by atoms with E-state index in [4.69, 9.17) is 5.11 Å². The van der Waals surface area contributed by atoms with Crippen LogP contribution in [-0.4, -0.2) is 31.4 Å². The number of nitrogens with one attached hydrogen (secondary N) is 1. The Hall–Kier alpha value is -0.130. The maximum absolute atomic E-state index is 11.7. The van der Waals surface area contributed by atoms with Crippen LogP contribution in [0.1, 0.15) is 46.5 Å². The molecule has 0 aliphatic carbocycles. The molecule has 0 radical (unpaired) electrons. The molecule has 92 valence electrons. The molecule has 0 aromatic carbocycles. The molecule has 0 aliphatic heterocycles. The van der Waals surface area contributed by atoms with E-state index in [1.807, 2.05) is 20.8 Å². The molecule has 0 bridgehead atoms. The molecule has 0 amide bonds. The van der Waals surface area contributed by atoms with Gasteiger partial charge in [0, 0.05) is 12.1 Å². The third-order valence-corrected chi connectivity index (χ3v) is 4.54. The minimum absolute atomic E-state index is 0.00521. The van der Waals surface area contributed by atoms with Crippen LogP contribution in [0.15, 0.2) is 0 Å². The van der Waals surface area contributed by atoms with Crippen molar-refractivity contribution >= 4 is 10.0 Å². The first-order valence-corrected chi connectivity index (χ1v) is 7.23. The first kappa shape index (κ1) is 14.9. The smallest absolute Gasteiger partial charge is 0.212 e. The van der Waals surface area contributed by atoms with Gasteiger partial charge < -0.3 is 5.11 Å². The normalized spacial score (nSPS) is 13.1. The summed E-state index contributed by atoms with van der Waals surface area (Å²) in [6, 6.07) is 0. The summed E-state index contributed by atoms with van der Waals surface area (Å²) in [7, 11) is -3.25. The number of aliphatic hydroxyl groups is 1. The Morgan fingerprint density at radius 1 is 1.13 bits per heavy atom. The first-order valence-electron chi connectivity index (χ1n) is 5.57. The van der Waals surface area contributed by atoms with Gasteiger partial charge in [0.2, 0.25) is 10.0 Å². The van der Waals surface area contributed by atoms with Crippen molar-refractivity contribution in [2.75, 3.05) is 12.4 Å². The number of hydrogen-bond donors (Lipinski definition) is 2. The van der Waals surface area contributed by atoms with Crippen molar-refractivity contribution in [1.82, 2.24) is 4.72 Å². The van der Waals surface area contributed by atoms with E-state index in [0.29, 0.717) is 6.42 Å². The molecule has 15 heavy (non-hydrogen) atoms. The van der Waals surface area contributed by atoms with Crippen LogP contribution in [0.4, 0.5) is 0 Å². The standard InChI is InChI=1S/C10H23NO3S/c1-4-10(5-2,6-3)11-15(13,14)9-7-8-12/h11-12H,4-9H2,1-3H3. The van der Waals surface area contributed by atoms with Crippen molar-refractivity contribution < 1.29 is 13.5 Å². The van der Waals surface area contributed by atoms with Gasteiger partial charge in [-0.15, -0.1) is 0 Å². The second-order valence-electron chi connectivity index (χ2n) is 3.84. The van der Waals surface area contributed by atoms with Gasteiger partial charge in [0.15, 0.2) is 0 Å². The summed E-state index contributed by atoms with van der Waals surface area (Å²) < 4.78 is 26.1. The lowest BCUT2D eigenvalue weighted by Crippen LogP contribution is -2.47. The molecule has 0 saturated carbocycles. The summed E-state index contributed by atoms with van der Waals surface area (Å²) in [5.41, 5.74) is -0.311. The second-order valence-corrected chi connectivity index (χ2v) is 5.68. The molecule has 2 N–H and O–H groups in total. The van der Waals surface area contributed by atoms with Crippen molar-refractivity contribution in [3.63, 3.8) is 0 Å². The molecule has 0 spiro atoms. The highest BCUT2D eigenvalue weighted by atomic mass is 32.2. The fraction of sp³-hybridized carbons (Fsp3) is 1.00. The highest BCUT2D eigenvalue weighted by molar-refractivity contribution is 7.89. The molecule has 5 heteroatoms.